The predicted molar refractivity (Wildman–Crippen MR) is 99.5 cm³/mol. The van der Waals surface area contributed by atoms with Crippen LogP contribution < -0.4 is 14.8 Å². The molecular formula is C18H11Cl2NO2S. The number of carbonyl (C=O) groups is 1. The molecule has 0 atom stereocenters. The van der Waals surface area contributed by atoms with Gasteiger partial charge in [0.1, 0.15) is 0 Å². The van der Waals surface area contributed by atoms with Crippen molar-refractivity contribution in [3.8, 4) is 0 Å². The number of hydrogen-bond acceptors (Lipinski definition) is 3. The van der Waals surface area contributed by atoms with Crippen molar-refractivity contribution in [2.75, 3.05) is 0 Å². The van der Waals surface area contributed by atoms with Gasteiger partial charge in [0.2, 0.25) is 0 Å². The zero-order valence-electron chi connectivity index (χ0n) is 12.3. The van der Waals surface area contributed by atoms with Gasteiger partial charge in [-0.25, -0.2) is 0 Å². The Kier molecular flexibility index (Phi) is 5.00. The van der Waals surface area contributed by atoms with Crippen LogP contribution in [0.15, 0.2) is 53.3 Å². The van der Waals surface area contributed by atoms with E-state index in [9.17, 15) is 9.59 Å². The van der Waals surface area contributed by atoms with Crippen LogP contribution in [0.4, 0.5) is 0 Å². The fourth-order valence-corrected chi connectivity index (χ4v) is 3.19. The smallest absolute Gasteiger partial charge is 0.266 e. The van der Waals surface area contributed by atoms with Crippen molar-refractivity contribution in [3.63, 3.8) is 0 Å². The third-order valence-corrected chi connectivity index (χ3v) is 4.71. The van der Waals surface area contributed by atoms with E-state index in [1.54, 1.807) is 42.5 Å². The fourth-order valence-electron chi connectivity index (χ4n) is 2.05. The molecule has 3 nitrogen and oxygen atoms in total. The van der Waals surface area contributed by atoms with Crippen molar-refractivity contribution >= 4 is 52.5 Å². The van der Waals surface area contributed by atoms with E-state index in [4.69, 9.17) is 23.2 Å². The molecule has 0 bridgehead atoms. The molecule has 0 aliphatic rings. The SMILES string of the molecule is O=C(/C=c1/[nH]c(=O)/c(=C/c2ccc(Cl)cc2)s1)c1ccc(Cl)cc1. The first-order valence-corrected chi connectivity index (χ1v) is 8.56. The third kappa shape index (κ3) is 4.03. The van der Waals surface area contributed by atoms with E-state index >= 15 is 0 Å². The van der Waals surface area contributed by atoms with Crippen LogP contribution in [0.2, 0.25) is 10.0 Å². The van der Waals surface area contributed by atoms with Gasteiger partial charge in [-0.1, -0.05) is 35.3 Å². The number of rotatable bonds is 3. The number of Topliss-reactive ketones (excluding diaryl/α,β-unsaturated/α-hetero) is 1. The van der Waals surface area contributed by atoms with Crippen LogP contribution in [0.3, 0.4) is 0 Å². The van der Waals surface area contributed by atoms with Crippen LogP contribution in [0.5, 0.6) is 0 Å². The fraction of sp³-hybridized carbons (Fsp3) is 0. The third-order valence-electron chi connectivity index (χ3n) is 3.24. The van der Waals surface area contributed by atoms with Crippen molar-refractivity contribution in [2.45, 2.75) is 0 Å². The van der Waals surface area contributed by atoms with Gasteiger partial charge in [-0.05, 0) is 48.0 Å². The molecule has 0 unspecified atom stereocenters. The van der Waals surface area contributed by atoms with Gasteiger partial charge in [-0.2, -0.15) is 0 Å². The Labute approximate surface area is 151 Å². The number of ketones is 1. The van der Waals surface area contributed by atoms with Gasteiger partial charge in [0, 0.05) is 21.7 Å². The number of benzene rings is 2. The summed E-state index contributed by atoms with van der Waals surface area (Å²) in [6, 6.07) is 13.8. The summed E-state index contributed by atoms with van der Waals surface area (Å²) in [6.45, 7) is 0. The molecule has 0 saturated heterocycles. The maximum absolute atomic E-state index is 12.2. The summed E-state index contributed by atoms with van der Waals surface area (Å²) in [6.07, 6.45) is 3.17. The molecule has 1 N–H and O–H groups in total. The summed E-state index contributed by atoms with van der Waals surface area (Å²) in [5.74, 6) is -0.192. The van der Waals surface area contributed by atoms with Gasteiger partial charge in [0.25, 0.3) is 5.56 Å². The van der Waals surface area contributed by atoms with E-state index in [2.05, 4.69) is 4.98 Å². The van der Waals surface area contributed by atoms with Gasteiger partial charge in [0.15, 0.2) is 5.78 Å². The average molecular weight is 376 g/mol. The van der Waals surface area contributed by atoms with Gasteiger partial charge in [-0.15, -0.1) is 11.3 Å². The van der Waals surface area contributed by atoms with Crippen molar-refractivity contribution in [1.82, 2.24) is 4.98 Å². The molecule has 0 fully saturated rings. The van der Waals surface area contributed by atoms with E-state index in [0.29, 0.717) is 24.8 Å². The minimum Gasteiger partial charge on any atom is -0.313 e. The second-order valence-electron chi connectivity index (χ2n) is 5.00. The molecule has 0 spiro atoms. The summed E-state index contributed by atoms with van der Waals surface area (Å²) in [5.41, 5.74) is 1.14. The highest BCUT2D eigenvalue weighted by molar-refractivity contribution is 7.07. The Morgan fingerprint density at radius 3 is 2.17 bits per heavy atom. The molecule has 1 heterocycles. The lowest BCUT2D eigenvalue weighted by atomic mass is 10.1. The largest absolute Gasteiger partial charge is 0.313 e. The van der Waals surface area contributed by atoms with Gasteiger partial charge < -0.3 is 4.98 Å². The first-order chi connectivity index (χ1) is 11.5. The van der Waals surface area contributed by atoms with Crippen LogP contribution in [-0.2, 0) is 0 Å². The molecular weight excluding hydrogens is 365 g/mol. The number of aromatic nitrogens is 1. The molecule has 2 aromatic carbocycles. The van der Waals surface area contributed by atoms with Crippen LogP contribution in [-0.4, -0.2) is 10.8 Å². The summed E-state index contributed by atoms with van der Waals surface area (Å²) >= 11 is 12.9. The van der Waals surface area contributed by atoms with E-state index in [1.165, 1.54) is 17.4 Å². The van der Waals surface area contributed by atoms with Gasteiger partial charge >= 0.3 is 0 Å². The highest BCUT2D eigenvalue weighted by Gasteiger charge is 2.03. The maximum atomic E-state index is 12.2. The lowest BCUT2D eigenvalue weighted by Crippen LogP contribution is -2.19. The zero-order chi connectivity index (χ0) is 17.1. The quantitative estimate of drug-likeness (QED) is 0.714. The van der Waals surface area contributed by atoms with Crippen LogP contribution in [0, 0.1) is 0 Å². The van der Waals surface area contributed by atoms with E-state index < -0.39 is 0 Å². The second kappa shape index (κ2) is 7.18. The number of halogens is 2. The molecule has 3 aromatic rings. The predicted octanol–water partition coefficient (Wildman–Crippen LogP) is 3.24. The molecule has 0 aliphatic carbocycles. The van der Waals surface area contributed by atoms with E-state index in [-0.39, 0.29) is 11.3 Å². The lowest BCUT2D eigenvalue weighted by molar-refractivity contribution is 0.106. The summed E-state index contributed by atoms with van der Waals surface area (Å²) in [5, 5.41) is 1.20. The number of thiazole rings is 1. The van der Waals surface area contributed by atoms with Crippen molar-refractivity contribution < 1.29 is 4.79 Å². The highest BCUT2D eigenvalue weighted by atomic mass is 35.5. The summed E-state index contributed by atoms with van der Waals surface area (Å²) in [7, 11) is 0. The Bertz CT molecular complexity index is 1050. The Morgan fingerprint density at radius 1 is 0.958 bits per heavy atom. The van der Waals surface area contributed by atoms with Crippen molar-refractivity contribution in [3.05, 3.63) is 89.3 Å². The Morgan fingerprint density at radius 2 is 1.54 bits per heavy atom. The summed E-state index contributed by atoms with van der Waals surface area (Å²) in [4.78, 5) is 26.9. The summed E-state index contributed by atoms with van der Waals surface area (Å²) < 4.78 is 1.02. The molecule has 3 rings (SSSR count). The molecule has 0 aliphatic heterocycles. The second-order valence-corrected chi connectivity index (χ2v) is 6.95. The van der Waals surface area contributed by atoms with Gasteiger partial charge in [-0.3, -0.25) is 9.59 Å². The molecule has 0 saturated carbocycles. The topological polar surface area (TPSA) is 49.9 Å². The number of aromatic amines is 1. The number of carbonyl (C=O) groups excluding carboxylic acids is 1. The van der Waals surface area contributed by atoms with Crippen molar-refractivity contribution in [2.24, 2.45) is 0 Å². The molecule has 24 heavy (non-hydrogen) atoms. The molecule has 120 valence electrons. The lowest BCUT2D eigenvalue weighted by Gasteiger charge is -1.94. The molecule has 1 aromatic heterocycles. The van der Waals surface area contributed by atoms with Crippen LogP contribution in [0.1, 0.15) is 15.9 Å². The van der Waals surface area contributed by atoms with E-state index in [1.807, 2.05) is 12.1 Å². The number of H-pyrrole nitrogens is 1. The zero-order valence-corrected chi connectivity index (χ0v) is 14.6. The molecule has 6 heteroatoms. The molecule has 0 radical (unpaired) electrons. The van der Waals surface area contributed by atoms with Gasteiger partial charge in [0.05, 0.1) is 9.20 Å². The first-order valence-electron chi connectivity index (χ1n) is 6.99. The Hall–Kier alpha value is -2.14. The Balaban J connectivity index is 1.96. The monoisotopic (exact) mass is 375 g/mol. The minimum atomic E-state index is -0.231. The van der Waals surface area contributed by atoms with Crippen LogP contribution >= 0.6 is 34.5 Å². The van der Waals surface area contributed by atoms with E-state index in [0.717, 1.165) is 5.56 Å². The first kappa shape index (κ1) is 16.7. The van der Waals surface area contributed by atoms with Crippen LogP contribution in [0.25, 0.3) is 12.2 Å². The maximum Gasteiger partial charge on any atom is 0.266 e. The number of hydrogen-bond donors (Lipinski definition) is 1. The highest BCUT2D eigenvalue weighted by Crippen LogP contribution is 2.11. The average Bonchev–Trinajstić information content (AvgIpc) is 2.89. The minimum absolute atomic E-state index is 0.192. The van der Waals surface area contributed by atoms with Crippen molar-refractivity contribution in [1.29, 1.82) is 0 Å². The number of nitrogens with one attached hydrogen (secondary N) is 1. The normalized spacial score (nSPS) is 12.6. The molecule has 0 amide bonds. The standard InChI is InChI=1S/C18H11Cl2NO2S/c19-13-5-1-11(2-6-13)9-16-18(23)21-17(24-16)10-15(22)12-3-7-14(20)8-4-12/h1-10H,(H,21,23)/b16-9-,17-10-.